The summed E-state index contributed by atoms with van der Waals surface area (Å²) in [6.07, 6.45) is 6.13. The van der Waals surface area contributed by atoms with Crippen molar-refractivity contribution in [3.63, 3.8) is 0 Å². The minimum absolute atomic E-state index is 0.861. The van der Waals surface area contributed by atoms with Gasteiger partial charge in [0.05, 0.1) is 0 Å². The van der Waals surface area contributed by atoms with Crippen LogP contribution in [0.1, 0.15) is 33.6 Å². The van der Waals surface area contributed by atoms with E-state index in [1.165, 1.54) is 11.1 Å². The van der Waals surface area contributed by atoms with Gasteiger partial charge in [-0.3, -0.25) is 0 Å². The first-order valence-electron chi connectivity index (χ1n) is 4.37. The van der Waals surface area contributed by atoms with Crippen molar-refractivity contribution in [3.8, 4) is 0 Å². The molecule has 0 spiro atoms. The Morgan fingerprint density at radius 1 is 1.42 bits per heavy atom. The highest BCUT2D eigenvalue weighted by Gasteiger charge is 1.95. The fourth-order valence-corrected chi connectivity index (χ4v) is 1.06. The smallest absolute Gasteiger partial charge is 0.00517 e. The molecule has 12 heavy (non-hydrogen) atoms. The Hall–Kier alpha value is -0.980. The largest absolute Gasteiger partial charge is 0.402 e. The maximum atomic E-state index is 5.61. The third kappa shape index (κ3) is 4.02. The van der Waals surface area contributed by atoms with Crippen molar-refractivity contribution in [1.82, 2.24) is 0 Å². The molecule has 0 heterocycles. The SMILES string of the molecule is C=C/C(C)=C(\C=C(/C)N)CCC. The van der Waals surface area contributed by atoms with Gasteiger partial charge in [0.2, 0.25) is 0 Å². The predicted molar refractivity (Wildman–Crippen MR) is 55.7 cm³/mol. The van der Waals surface area contributed by atoms with Crippen LogP contribution >= 0.6 is 0 Å². The molecule has 1 nitrogen and oxygen atoms in total. The summed E-state index contributed by atoms with van der Waals surface area (Å²) < 4.78 is 0. The first-order chi connectivity index (χ1) is 5.61. The highest BCUT2D eigenvalue weighted by molar-refractivity contribution is 5.32. The van der Waals surface area contributed by atoms with E-state index in [1.807, 2.05) is 19.1 Å². The van der Waals surface area contributed by atoms with E-state index in [2.05, 4.69) is 20.4 Å². The van der Waals surface area contributed by atoms with Gasteiger partial charge in [0.1, 0.15) is 0 Å². The third-order valence-electron chi connectivity index (χ3n) is 1.73. The molecule has 0 rings (SSSR count). The molecule has 2 N–H and O–H groups in total. The Kier molecular flexibility index (Phi) is 5.18. The Bertz CT molecular complexity index is 205. The molecule has 0 amide bonds. The summed E-state index contributed by atoms with van der Waals surface area (Å²) in [4.78, 5) is 0. The lowest BCUT2D eigenvalue weighted by atomic mass is 10.0. The van der Waals surface area contributed by atoms with E-state index in [0.29, 0.717) is 0 Å². The second-order valence-electron chi connectivity index (χ2n) is 3.05. The molecule has 0 bridgehead atoms. The zero-order valence-electron chi connectivity index (χ0n) is 8.35. The molecule has 0 aliphatic carbocycles. The summed E-state index contributed by atoms with van der Waals surface area (Å²) >= 11 is 0. The van der Waals surface area contributed by atoms with E-state index in [4.69, 9.17) is 5.73 Å². The van der Waals surface area contributed by atoms with Gasteiger partial charge in [-0.2, -0.15) is 0 Å². The first-order valence-corrected chi connectivity index (χ1v) is 4.37. The number of allylic oxidation sites excluding steroid dienone is 5. The zero-order valence-corrected chi connectivity index (χ0v) is 8.35. The lowest BCUT2D eigenvalue weighted by Gasteiger charge is -2.03. The Morgan fingerprint density at radius 2 is 2.00 bits per heavy atom. The van der Waals surface area contributed by atoms with Gasteiger partial charge in [-0.25, -0.2) is 0 Å². The fraction of sp³-hybridized carbons (Fsp3) is 0.455. The highest BCUT2D eigenvalue weighted by atomic mass is 14.5. The number of hydrogen-bond acceptors (Lipinski definition) is 1. The van der Waals surface area contributed by atoms with Crippen molar-refractivity contribution < 1.29 is 0 Å². The van der Waals surface area contributed by atoms with Crippen molar-refractivity contribution in [2.45, 2.75) is 33.6 Å². The quantitative estimate of drug-likeness (QED) is 0.636. The third-order valence-corrected chi connectivity index (χ3v) is 1.73. The van der Waals surface area contributed by atoms with Crippen LogP contribution in [-0.2, 0) is 0 Å². The monoisotopic (exact) mass is 165 g/mol. The van der Waals surface area contributed by atoms with Crippen molar-refractivity contribution in [3.05, 3.63) is 35.6 Å². The predicted octanol–water partition coefficient (Wildman–Crippen LogP) is 3.15. The molecule has 0 aromatic carbocycles. The van der Waals surface area contributed by atoms with Crippen LogP contribution in [0.3, 0.4) is 0 Å². The first kappa shape index (κ1) is 11.0. The second kappa shape index (κ2) is 5.64. The molecular weight excluding hydrogens is 146 g/mol. The van der Waals surface area contributed by atoms with Crippen LogP contribution < -0.4 is 5.73 Å². The molecule has 0 aliphatic heterocycles. The van der Waals surface area contributed by atoms with Crippen molar-refractivity contribution >= 4 is 0 Å². The zero-order chi connectivity index (χ0) is 9.56. The molecule has 0 unspecified atom stereocenters. The molecule has 0 aromatic rings. The van der Waals surface area contributed by atoms with Crippen LogP contribution in [0, 0.1) is 0 Å². The molecule has 0 fully saturated rings. The van der Waals surface area contributed by atoms with Gasteiger partial charge in [0, 0.05) is 5.70 Å². The van der Waals surface area contributed by atoms with Crippen LogP contribution in [0.25, 0.3) is 0 Å². The Morgan fingerprint density at radius 3 is 2.33 bits per heavy atom. The second-order valence-corrected chi connectivity index (χ2v) is 3.05. The molecule has 1 heteroatoms. The summed E-state index contributed by atoms with van der Waals surface area (Å²) in [5.74, 6) is 0. The van der Waals surface area contributed by atoms with E-state index in [0.717, 1.165) is 18.5 Å². The van der Waals surface area contributed by atoms with Crippen molar-refractivity contribution in [2.24, 2.45) is 5.73 Å². The van der Waals surface area contributed by atoms with E-state index < -0.39 is 0 Å². The molecule has 0 aromatic heterocycles. The van der Waals surface area contributed by atoms with Crippen LogP contribution in [0.5, 0.6) is 0 Å². The number of rotatable bonds is 4. The standard InChI is InChI=1S/C11H19N/c1-5-7-11(8-10(4)12)9(3)6-2/h6,8H,2,5,7,12H2,1,3-4H3/b10-8+,11-9-. The topological polar surface area (TPSA) is 26.0 Å². The van der Waals surface area contributed by atoms with Gasteiger partial charge in [0.25, 0.3) is 0 Å². The number of nitrogens with two attached hydrogens (primary N) is 1. The minimum Gasteiger partial charge on any atom is -0.402 e. The van der Waals surface area contributed by atoms with Gasteiger partial charge < -0.3 is 5.73 Å². The van der Waals surface area contributed by atoms with Gasteiger partial charge in [0.15, 0.2) is 0 Å². The molecule has 0 saturated heterocycles. The Balaban J connectivity index is 4.65. The van der Waals surface area contributed by atoms with Crippen molar-refractivity contribution in [2.75, 3.05) is 0 Å². The summed E-state index contributed by atoms with van der Waals surface area (Å²) in [5.41, 5.74) is 8.99. The molecule has 0 radical (unpaired) electrons. The minimum atomic E-state index is 0.861. The van der Waals surface area contributed by atoms with Crippen LogP contribution in [0.4, 0.5) is 0 Å². The number of hydrogen-bond donors (Lipinski definition) is 1. The summed E-state index contributed by atoms with van der Waals surface area (Å²) in [6.45, 7) is 9.88. The van der Waals surface area contributed by atoms with Crippen LogP contribution in [0.15, 0.2) is 35.6 Å². The molecule has 0 aliphatic rings. The maximum Gasteiger partial charge on any atom is 0.00517 e. The van der Waals surface area contributed by atoms with Crippen LogP contribution in [-0.4, -0.2) is 0 Å². The average Bonchev–Trinajstić information content (AvgIpc) is 2.01. The fourth-order valence-electron chi connectivity index (χ4n) is 1.06. The Labute approximate surface area is 75.7 Å². The van der Waals surface area contributed by atoms with Crippen molar-refractivity contribution in [1.29, 1.82) is 0 Å². The summed E-state index contributed by atoms with van der Waals surface area (Å²) in [5, 5.41) is 0. The van der Waals surface area contributed by atoms with Gasteiger partial charge in [-0.1, -0.05) is 26.0 Å². The lowest BCUT2D eigenvalue weighted by molar-refractivity contribution is 0.914. The summed E-state index contributed by atoms with van der Waals surface area (Å²) in [6, 6.07) is 0. The normalized spacial score (nSPS) is 14.1. The van der Waals surface area contributed by atoms with Crippen LogP contribution in [0.2, 0.25) is 0 Å². The molecule has 0 saturated carbocycles. The lowest BCUT2D eigenvalue weighted by Crippen LogP contribution is -1.93. The highest BCUT2D eigenvalue weighted by Crippen LogP contribution is 2.14. The average molecular weight is 165 g/mol. The van der Waals surface area contributed by atoms with E-state index >= 15 is 0 Å². The summed E-state index contributed by atoms with van der Waals surface area (Å²) in [7, 11) is 0. The van der Waals surface area contributed by atoms with E-state index in [9.17, 15) is 0 Å². The van der Waals surface area contributed by atoms with Gasteiger partial charge >= 0.3 is 0 Å². The molecular formula is C11H19N. The molecule has 68 valence electrons. The van der Waals surface area contributed by atoms with E-state index in [-0.39, 0.29) is 0 Å². The van der Waals surface area contributed by atoms with E-state index in [1.54, 1.807) is 0 Å². The molecule has 0 atom stereocenters. The van der Waals surface area contributed by atoms with Gasteiger partial charge in [-0.05, 0) is 37.5 Å². The maximum absolute atomic E-state index is 5.61. The van der Waals surface area contributed by atoms with Gasteiger partial charge in [-0.15, -0.1) is 0 Å².